The molecule has 1 aliphatic rings. The number of nitrogens with two attached hydrogens (primary N) is 1. The molecule has 2 atom stereocenters. The lowest BCUT2D eigenvalue weighted by molar-refractivity contribution is -0.113. The number of thioether (sulfide) groups is 2. The third-order valence-corrected chi connectivity index (χ3v) is 10.6. The standard InChI is InChI=1S/C29H23BrN4OS3/c30-19-11-13-20(14-12-19)32-23(35)16-36-29-33-27(31)24-21-15-22(17-7-3-1-4-8-17)37-25(18-9-5-2-6-10-18)26(21)38-28(24)34-29/h1-14,22,25H,15-16H2,(H,32,35)(H2,31,33,34)/t22-,25-/m0/s1. The topological polar surface area (TPSA) is 80.9 Å². The first-order valence-corrected chi connectivity index (χ1v) is 15.6. The number of nitrogens with zero attached hydrogens (tertiary/aromatic N) is 2. The van der Waals surface area contributed by atoms with Gasteiger partial charge < -0.3 is 11.1 Å². The Morgan fingerprint density at radius 2 is 1.66 bits per heavy atom. The van der Waals surface area contributed by atoms with Crippen molar-refractivity contribution in [2.24, 2.45) is 0 Å². The van der Waals surface area contributed by atoms with Crippen LogP contribution in [-0.4, -0.2) is 21.6 Å². The monoisotopic (exact) mass is 618 g/mol. The van der Waals surface area contributed by atoms with Gasteiger partial charge in [0.2, 0.25) is 5.91 Å². The van der Waals surface area contributed by atoms with Crippen molar-refractivity contribution in [2.75, 3.05) is 16.8 Å². The fourth-order valence-electron chi connectivity index (χ4n) is 4.60. The van der Waals surface area contributed by atoms with Crippen LogP contribution in [0.5, 0.6) is 0 Å². The fourth-order valence-corrected chi connectivity index (χ4v) is 8.60. The first-order valence-electron chi connectivity index (χ1n) is 12.1. The summed E-state index contributed by atoms with van der Waals surface area (Å²) in [4.78, 5) is 24.2. The zero-order chi connectivity index (χ0) is 26.1. The summed E-state index contributed by atoms with van der Waals surface area (Å²) in [5.41, 5.74) is 11.1. The number of thiophene rings is 1. The highest BCUT2D eigenvalue weighted by molar-refractivity contribution is 9.10. The molecule has 2 aromatic heterocycles. The Kier molecular flexibility index (Phi) is 7.43. The minimum absolute atomic E-state index is 0.115. The maximum atomic E-state index is 12.5. The molecule has 6 rings (SSSR count). The summed E-state index contributed by atoms with van der Waals surface area (Å²) in [6.07, 6.45) is 0.878. The average Bonchev–Trinajstić information content (AvgIpc) is 3.32. The second-order valence-corrected chi connectivity index (χ2v) is 13.1. The van der Waals surface area contributed by atoms with Crippen LogP contribution in [0.25, 0.3) is 10.2 Å². The lowest BCUT2D eigenvalue weighted by Gasteiger charge is -2.30. The molecule has 3 aromatic carbocycles. The first-order chi connectivity index (χ1) is 18.5. The first kappa shape index (κ1) is 25.4. The number of hydrogen-bond acceptors (Lipinski definition) is 7. The summed E-state index contributed by atoms with van der Waals surface area (Å²) in [5, 5.41) is 4.88. The van der Waals surface area contributed by atoms with Gasteiger partial charge >= 0.3 is 0 Å². The van der Waals surface area contributed by atoms with Gasteiger partial charge in [0, 0.05) is 20.3 Å². The molecular formula is C29H23BrN4OS3. The van der Waals surface area contributed by atoms with Crippen molar-refractivity contribution >= 4 is 78.4 Å². The van der Waals surface area contributed by atoms with Crippen LogP contribution in [-0.2, 0) is 11.2 Å². The molecule has 190 valence electrons. The van der Waals surface area contributed by atoms with E-state index in [1.54, 1.807) is 11.3 Å². The molecule has 0 bridgehead atoms. The molecule has 3 heterocycles. The summed E-state index contributed by atoms with van der Waals surface area (Å²) in [5.74, 6) is 0.565. The van der Waals surface area contributed by atoms with E-state index in [-0.39, 0.29) is 16.9 Å². The van der Waals surface area contributed by atoms with Crippen LogP contribution in [0.3, 0.4) is 0 Å². The Morgan fingerprint density at radius 3 is 2.37 bits per heavy atom. The summed E-state index contributed by atoms with van der Waals surface area (Å²) < 4.78 is 0.962. The van der Waals surface area contributed by atoms with Crippen LogP contribution in [0.4, 0.5) is 11.5 Å². The van der Waals surface area contributed by atoms with Gasteiger partial charge in [-0.25, -0.2) is 9.97 Å². The molecule has 0 spiro atoms. The van der Waals surface area contributed by atoms with Crippen LogP contribution in [0.1, 0.15) is 32.1 Å². The van der Waals surface area contributed by atoms with Crippen LogP contribution >= 0.6 is 50.8 Å². The van der Waals surface area contributed by atoms with Crippen molar-refractivity contribution < 1.29 is 4.79 Å². The number of anilines is 2. The molecule has 5 nitrogen and oxygen atoms in total. The molecule has 0 fully saturated rings. The molecule has 1 amide bonds. The SMILES string of the molecule is Nc1nc(SCC(=O)Nc2ccc(Br)cc2)nc2sc3c(c12)C[C@@H](c1ccccc1)S[C@H]3c1ccccc1. The minimum Gasteiger partial charge on any atom is -0.383 e. The third kappa shape index (κ3) is 5.33. The normalized spacial score (nSPS) is 16.8. The van der Waals surface area contributed by atoms with E-state index in [4.69, 9.17) is 10.7 Å². The Morgan fingerprint density at radius 1 is 0.974 bits per heavy atom. The van der Waals surface area contributed by atoms with Crippen LogP contribution in [0.2, 0.25) is 0 Å². The molecule has 0 saturated carbocycles. The number of benzene rings is 3. The molecule has 3 N–H and O–H groups in total. The number of carbonyl (C=O) groups excluding carboxylic acids is 1. The third-order valence-electron chi connectivity index (χ3n) is 6.35. The van der Waals surface area contributed by atoms with Gasteiger partial charge in [0.05, 0.1) is 16.4 Å². The minimum atomic E-state index is -0.115. The highest BCUT2D eigenvalue weighted by atomic mass is 79.9. The van der Waals surface area contributed by atoms with Gasteiger partial charge in [0.15, 0.2) is 5.16 Å². The van der Waals surface area contributed by atoms with Crippen molar-refractivity contribution in [3.63, 3.8) is 0 Å². The van der Waals surface area contributed by atoms with Gasteiger partial charge in [-0.15, -0.1) is 23.1 Å². The van der Waals surface area contributed by atoms with E-state index in [0.29, 0.717) is 16.2 Å². The van der Waals surface area contributed by atoms with Gasteiger partial charge in [0.25, 0.3) is 0 Å². The van der Waals surface area contributed by atoms with Gasteiger partial charge in [-0.1, -0.05) is 88.4 Å². The van der Waals surface area contributed by atoms with Crippen molar-refractivity contribution in [3.8, 4) is 0 Å². The average molecular weight is 620 g/mol. The number of hydrogen-bond donors (Lipinski definition) is 2. The zero-order valence-electron chi connectivity index (χ0n) is 20.1. The molecule has 0 radical (unpaired) electrons. The Labute approximate surface area is 241 Å². The number of aromatic nitrogens is 2. The van der Waals surface area contributed by atoms with E-state index >= 15 is 0 Å². The molecule has 1 aliphatic heterocycles. The van der Waals surface area contributed by atoms with E-state index in [2.05, 4.69) is 86.9 Å². The Bertz CT molecular complexity index is 1590. The Hall–Kier alpha value is -2.85. The molecule has 9 heteroatoms. The highest BCUT2D eigenvalue weighted by Gasteiger charge is 2.34. The van der Waals surface area contributed by atoms with Crippen molar-refractivity contribution in [1.82, 2.24) is 9.97 Å². The van der Waals surface area contributed by atoms with Gasteiger partial charge in [-0.2, -0.15) is 0 Å². The molecule has 38 heavy (non-hydrogen) atoms. The lowest BCUT2D eigenvalue weighted by Crippen LogP contribution is -2.14. The maximum absolute atomic E-state index is 12.5. The van der Waals surface area contributed by atoms with Crippen molar-refractivity contribution in [1.29, 1.82) is 0 Å². The molecule has 5 aromatic rings. The Balaban J connectivity index is 1.30. The van der Waals surface area contributed by atoms with E-state index in [1.807, 2.05) is 36.0 Å². The number of rotatable bonds is 6. The highest BCUT2D eigenvalue weighted by Crippen LogP contribution is 2.55. The van der Waals surface area contributed by atoms with Gasteiger partial charge in [-0.3, -0.25) is 4.79 Å². The number of halogens is 1. The molecule has 0 aliphatic carbocycles. The number of nitrogen functional groups attached to an aromatic ring is 1. The van der Waals surface area contributed by atoms with E-state index in [9.17, 15) is 4.79 Å². The molecule has 0 unspecified atom stereocenters. The summed E-state index contributed by atoms with van der Waals surface area (Å²) in [6, 6.07) is 28.8. The van der Waals surface area contributed by atoms with Gasteiger partial charge in [0.1, 0.15) is 10.6 Å². The quantitative estimate of drug-likeness (QED) is 0.149. The summed E-state index contributed by atoms with van der Waals surface area (Å²) in [7, 11) is 0. The van der Waals surface area contributed by atoms with E-state index in [0.717, 1.165) is 26.8 Å². The van der Waals surface area contributed by atoms with E-state index < -0.39 is 0 Å². The maximum Gasteiger partial charge on any atom is 0.234 e. The zero-order valence-corrected chi connectivity index (χ0v) is 24.2. The van der Waals surface area contributed by atoms with Crippen molar-refractivity contribution in [3.05, 3.63) is 111 Å². The summed E-state index contributed by atoms with van der Waals surface area (Å²) >= 11 is 8.38. The largest absolute Gasteiger partial charge is 0.383 e. The van der Waals surface area contributed by atoms with Crippen LogP contribution in [0.15, 0.2) is 94.6 Å². The fraction of sp³-hybridized carbons (Fsp3) is 0.138. The lowest BCUT2D eigenvalue weighted by atomic mass is 9.98. The number of carbonyl (C=O) groups is 1. The number of fused-ring (bicyclic) bond motifs is 3. The van der Waals surface area contributed by atoms with E-state index in [1.165, 1.54) is 33.3 Å². The molecular weight excluding hydrogens is 596 g/mol. The van der Waals surface area contributed by atoms with Gasteiger partial charge in [-0.05, 0) is 47.4 Å². The number of nitrogens with one attached hydrogen (secondary N) is 1. The predicted molar refractivity (Wildman–Crippen MR) is 164 cm³/mol. The number of amides is 1. The summed E-state index contributed by atoms with van der Waals surface area (Å²) in [6.45, 7) is 0. The van der Waals surface area contributed by atoms with Crippen LogP contribution in [0, 0.1) is 0 Å². The second kappa shape index (κ2) is 11.1. The van der Waals surface area contributed by atoms with Crippen molar-refractivity contribution in [2.45, 2.75) is 22.1 Å². The van der Waals surface area contributed by atoms with Crippen LogP contribution < -0.4 is 11.1 Å². The second-order valence-electron chi connectivity index (χ2n) is 8.89. The predicted octanol–water partition coefficient (Wildman–Crippen LogP) is 7.89. The molecule has 0 saturated heterocycles. The smallest absolute Gasteiger partial charge is 0.234 e.